The maximum Gasteiger partial charge on any atom is 0.335 e. The Balaban J connectivity index is 1.71. The number of hydrogen-bond acceptors (Lipinski definition) is 3. The van der Waals surface area contributed by atoms with Gasteiger partial charge in [-0.1, -0.05) is 12.1 Å². The number of aromatic carboxylic acids is 1. The second-order valence-corrected chi connectivity index (χ2v) is 5.91. The number of carboxylic acid groups (broad SMARTS) is 1. The molecular formula is C18H18N2O4. The molecule has 3 N–H and O–H groups in total. The van der Waals surface area contributed by atoms with Crippen molar-refractivity contribution in [2.75, 3.05) is 0 Å². The van der Waals surface area contributed by atoms with Gasteiger partial charge in [0.2, 0.25) is 0 Å². The van der Waals surface area contributed by atoms with Gasteiger partial charge in [-0.05, 0) is 55.0 Å². The number of H-pyrrole nitrogens is 1. The highest BCUT2D eigenvalue weighted by Gasteiger charge is 2.16. The van der Waals surface area contributed by atoms with Crippen molar-refractivity contribution >= 4 is 11.9 Å². The predicted octanol–water partition coefficient (Wildman–Crippen LogP) is 1.88. The van der Waals surface area contributed by atoms with Crippen molar-refractivity contribution in [3.05, 3.63) is 68.6 Å². The highest BCUT2D eigenvalue weighted by atomic mass is 16.4. The summed E-state index contributed by atoms with van der Waals surface area (Å²) in [5.41, 5.74) is 2.69. The lowest BCUT2D eigenvalue weighted by molar-refractivity contribution is 0.0696. The van der Waals surface area contributed by atoms with Gasteiger partial charge in [-0.3, -0.25) is 9.59 Å². The Morgan fingerprint density at radius 1 is 1.12 bits per heavy atom. The van der Waals surface area contributed by atoms with Crippen LogP contribution in [0.15, 0.2) is 35.1 Å². The van der Waals surface area contributed by atoms with Gasteiger partial charge >= 0.3 is 5.97 Å². The van der Waals surface area contributed by atoms with Crippen LogP contribution in [0.2, 0.25) is 0 Å². The summed E-state index contributed by atoms with van der Waals surface area (Å²) >= 11 is 0. The second kappa shape index (κ2) is 6.70. The monoisotopic (exact) mass is 326 g/mol. The summed E-state index contributed by atoms with van der Waals surface area (Å²) in [6, 6.07) is 7.93. The first-order valence-corrected chi connectivity index (χ1v) is 7.90. The van der Waals surface area contributed by atoms with Crippen molar-refractivity contribution in [3.63, 3.8) is 0 Å². The number of benzene rings is 1. The quantitative estimate of drug-likeness (QED) is 0.799. The number of aryl methyl sites for hydroxylation is 2. The van der Waals surface area contributed by atoms with E-state index >= 15 is 0 Å². The van der Waals surface area contributed by atoms with Crippen LogP contribution in [0, 0.1) is 0 Å². The lowest BCUT2D eigenvalue weighted by atomic mass is 9.95. The Kier molecular flexibility index (Phi) is 4.46. The molecule has 1 aromatic carbocycles. The fourth-order valence-corrected chi connectivity index (χ4v) is 2.89. The Labute approximate surface area is 138 Å². The SMILES string of the molecule is O=C(O)c1ccc(CNC(=O)c2cc3c([nH]c2=O)CCCC3)cc1. The van der Waals surface area contributed by atoms with E-state index in [-0.39, 0.29) is 23.2 Å². The molecular weight excluding hydrogens is 308 g/mol. The molecule has 0 saturated carbocycles. The number of carbonyl (C=O) groups is 2. The molecule has 0 atom stereocenters. The molecule has 3 rings (SSSR count). The van der Waals surface area contributed by atoms with Gasteiger partial charge in [0.15, 0.2) is 0 Å². The van der Waals surface area contributed by atoms with Gasteiger partial charge < -0.3 is 15.4 Å². The standard InChI is InChI=1S/C18H18N2O4/c21-16(19-10-11-5-7-12(8-6-11)18(23)24)14-9-13-3-1-2-4-15(13)20-17(14)22/h5-9H,1-4,10H2,(H,19,21)(H,20,22)(H,23,24). The number of hydrogen-bond donors (Lipinski definition) is 3. The first kappa shape index (κ1) is 16.0. The van der Waals surface area contributed by atoms with Crippen molar-refractivity contribution in [1.82, 2.24) is 10.3 Å². The number of aromatic amines is 1. The molecule has 0 aliphatic heterocycles. The molecule has 1 aromatic heterocycles. The topological polar surface area (TPSA) is 99.3 Å². The summed E-state index contributed by atoms with van der Waals surface area (Å²) in [7, 11) is 0. The number of aromatic nitrogens is 1. The van der Waals surface area contributed by atoms with Crippen molar-refractivity contribution < 1.29 is 14.7 Å². The van der Waals surface area contributed by atoms with Crippen LogP contribution in [-0.2, 0) is 19.4 Å². The summed E-state index contributed by atoms with van der Waals surface area (Å²) in [5.74, 6) is -1.42. The number of carbonyl (C=O) groups excluding carboxylic acids is 1. The number of nitrogens with one attached hydrogen (secondary N) is 2. The molecule has 0 spiro atoms. The highest BCUT2D eigenvalue weighted by Crippen LogP contribution is 2.18. The van der Waals surface area contributed by atoms with E-state index in [9.17, 15) is 14.4 Å². The fourth-order valence-electron chi connectivity index (χ4n) is 2.89. The molecule has 124 valence electrons. The average molecular weight is 326 g/mol. The van der Waals surface area contributed by atoms with Gasteiger partial charge in [0.05, 0.1) is 5.56 Å². The van der Waals surface area contributed by atoms with Crippen LogP contribution in [0.5, 0.6) is 0 Å². The molecule has 0 radical (unpaired) electrons. The number of pyridine rings is 1. The minimum Gasteiger partial charge on any atom is -0.478 e. The van der Waals surface area contributed by atoms with E-state index in [1.165, 1.54) is 12.1 Å². The third-order valence-corrected chi connectivity index (χ3v) is 4.24. The molecule has 1 heterocycles. The Bertz CT molecular complexity index is 837. The van der Waals surface area contributed by atoms with Crippen molar-refractivity contribution in [2.24, 2.45) is 0 Å². The van der Waals surface area contributed by atoms with E-state index in [2.05, 4.69) is 10.3 Å². The molecule has 2 aromatic rings. The average Bonchev–Trinajstić information content (AvgIpc) is 2.59. The largest absolute Gasteiger partial charge is 0.478 e. The lowest BCUT2D eigenvalue weighted by Crippen LogP contribution is -2.30. The molecule has 1 aliphatic carbocycles. The van der Waals surface area contributed by atoms with E-state index in [1.54, 1.807) is 18.2 Å². The van der Waals surface area contributed by atoms with Crippen LogP contribution in [0.3, 0.4) is 0 Å². The van der Waals surface area contributed by atoms with Crippen LogP contribution in [0.4, 0.5) is 0 Å². The van der Waals surface area contributed by atoms with Gasteiger partial charge in [0, 0.05) is 12.2 Å². The summed E-state index contributed by atoms with van der Waals surface area (Å²) in [5, 5.41) is 11.6. The fraction of sp³-hybridized carbons (Fsp3) is 0.278. The molecule has 0 saturated heterocycles. The van der Waals surface area contributed by atoms with Gasteiger partial charge in [-0.25, -0.2) is 4.79 Å². The third kappa shape index (κ3) is 3.37. The molecule has 6 nitrogen and oxygen atoms in total. The van der Waals surface area contributed by atoms with Gasteiger partial charge in [-0.15, -0.1) is 0 Å². The van der Waals surface area contributed by atoms with Crippen LogP contribution in [0.1, 0.15) is 50.4 Å². The highest BCUT2D eigenvalue weighted by molar-refractivity contribution is 5.94. The molecule has 6 heteroatoms. The molecule has 0 fully saturated rings. The zero-order chi connectivity index (χ0) is 17.1. The van der Waals surface area contributed by atoms with Crippen molar-refractivity contribution in [2.45, 2.75) is 32.2 Å². The van der Waals surface area contributed by atoms with Crippen LogP contribution in [-0.4, -0.2) is 22.0 Å². The second-order valence-electron chi connectivity index (χ2n) is 5.91. The zero-order valence-electron chi connectivity index (χ0n) is 13.1. The number of carboxylic acids is 1. The van der Waals surface area contributed by atoms with Crippen LogP contribution >= 0.6 is 0 Å². The predicted molar refractivity (Wildman–Crippen MR) is 88.3 cm³/mol. The van der Waals surface area contributed by atoms with E-state index in [0.29, 0.717) is 0 Å². The summed E-state index contributed by atoms with van der Waals surface area (Å²) in [6.45, 7) is 0.231. The Morgan fingerprint density at radius 3 is 2.54 bits per heavy atom. The maximum atomic E-state index is 12.3. The minimum absolute atomic E-state index is 0.123. The van der Waals surface area contributed by atoms with Crippen molar-refractivity contribution in [1.29, 1.82) is 0 Å². The Hall–Kier alpha value is -2.89. The van der Waals surface area contributed by atoms with E-state index < -0.39 is 11.9 Å². The first-order valence-electron chi connectivity index (χ1n) is 7.90. The smallest absolute Gasteiger partial charge is 0.335 e. The van der Waals surface area contributed by atoms with Crippen LogP contribution in [0.25, 0.3) is 0 Å². The lowest BCUT2D eigenvalue weighted by Gasteiger charge is -2.16. The molecule has 1 amide bonds. The summed E-state index contributed by atoms with van der Waals surface area (Å²) in [4.78, 5) is 38.0. The number of amides is 1. The summed E-state index contributed by atoms with van der Waals surface area (Å²) in [6.07, 6.45) is 3.85. The molecule has 0 bridgehead atoms. The number of fused-ring (bicyclic) bond motifs is 1. The molecule has 1 aliphatic rings. The normalized spacial score (nSPS) is 13.2. The number of rotatable bonds is 4. The molecule has 24 heavy (non-hydrogen) atoms. The maximum absolute atomic E-state index is 12.3. The van der Waals surface area contributed by atoms with Crippen LogP contribution < -0.4 is 10.9 Å². The van der Waals surface area contributed by atoms with E-state index in [1.807, 2.05) is 0 Å². The first-order chi connectivity index (χ1) is 11.5. The van der Waals surface area contributed by atoms with Crippen molar-refractivity contribution in [3.8, 4) is 0 Å². The van der Waals surface area contributed by atoms with Gasteiger partial charge in [0.25, 0.3) is 11.5 Å². The Morgan fingerprint density at radius 2 is 1.83 bits per heavy atom. The summed E-state index contributed by atoms with van der Waals surface area (Å²) < 4.78 is 0. The minimum atomic E-state index is -0.994. The van der Waals surface area contributed by atoms with E-state index in [0.717, 1.165) is 42.5 Å². The van der Waals surface area contributed by atoms with Gasteiger partial charge in [-0.2, -0.15) is 0 Å². The van der Waals surface area contributed by atoms with Gasteiger partial charge in [0.1, 0.15) is 5.56 Å². The molecule has 0 unspecified atom stereocenters. The van der Waals surface area contributed by atoms with E-state index in [4.69, 9.17) is 5.11 Å². The zero-order valence-corrected chi connectivity index (χ0v) is 13.1. The third-order valence-electron chi connectivity index (χ3n) is 4.24.